The molecule has 5 nitrogen and oxygen atoms in total. The smallest absolute Gasteiger partial charge is 0.274 e. The van der Waals surface area contributed by atoms with Crippen molar-refractivity contribution in [3.8, 4) is 0 Å². The van der Waals surface area contributed by atoms with Crippen LogP contribution in [0, 0.1) is 0 Å². The Balaban J connectivity index is 1.55. The van der Waals surface area contributed by atoms with Crippen LogP contribution in [0.5, 0.6) is 0 Å². The third-order valence-electron chi connectivity index (χ3n) is 6.40. The van der Waals surface area contributed by atoms with Gasteiger partial charge in [-0.25, -0.2) is 4.98 Å². The SMILES string of the molecule is CCC1=C(C(=O)c2ccc(C3CCN(C(=O)c4ncccc4Cl)C3)c(CO)c2)C=CCC1. The predicted molar refractivity (Wildman–Crippen MR) is 125 cm³/mol. The van der Waals surface area contributed by atoms with Crippen molar-refractivity contribution in [3.63, 3.8) is 0 Å². The number of pyridine rings is 1. The maximum Gasteiger partial charge on any atom is 0.274 e. The van der Waals surface area contributed by atoms with Gasteiger partial charge in [-0.05, 0) is 55.0 Å². The average molecular weight is 451 g/mol. The third-order valence-corrected chi connectivity index (χ3v) is 6.71. The van der Waals surface area contributed by atoms with E-state index in [0.29, 0.717) is 23.7 Å². The van der Waals surface area contributed by atoms with Gasteiger partial charge in [0.15, 0.2) is 5.78 Å². The quantitative estimate of drug-likeness (QED) is 0.622. The lowest BCUT2D eigenvalue weighted by atomic mass is 9.87. The highest BCUT2D eigenvalue weighted by molar-refractivity contribution is 6.33. The number of allylic oxidation sites excluding steroid dienone is 4. The molecule has 1 aromatic carbocycles. The number of amides is 1. The molecule has 1 saturated heterocycles. The van der Waals surface area contributed by atoms with Gasteiger partial charge in [-0.2, -0.15) is 0 Å². The largest absolute Gasteiger partial charge is 0.392 e. The molecule has 4 rings (SSSR count). The van der Waals surface area contributed by atoms with E-state index in [9.17, 15) is 14.7 Å². The first kappa shape index (κ1) is 22.4. The number of hydrogen-bond donors (Lipinski definition) is 1. The maximum absolute atomic E-state index is 13.1. The minimum Gasteiger partial charge on any atom is -0.392 e. The van der Waals surface area contributed by atoms with E-state index in [-0.39, 0.29) is 29.9 Å². The van der Waals surface area contributed by atoms with Gasteiger partial charge in [-0.1, -0.05) is 48.4 Å². The zero-order chi connectivity index (χ0) is 22.7. The molecule has 2 aliphatic rings. The third kappa shape index (κ3) is 4.41. The Bertz CT molecular complexity index is 1110. The van der Waals surface area contributed by atoms with Gasteiger partial charge in [-0.3, -0.25) is 9.59 Å². The highest BCUT2D eigenvalue weighted by Crippen LogP contribution is 2.33. The molecule has 1 amide bonds. The Kier molecular flexibility index (Phi) is 6.87. The molecule has 1 aromatic heterocycles. The summed E-state index contributed by atoms with van der Waals surface area (Å²) in [4.78, 5) is 31.9. The molecule has 1 N–H and O–H groups in total. The molecule has 1 fully saturated rings. The number of hydrogen-bond acceptors (Lipinski definition) is 4. The van der Waals surface area contributed by atoms with Crippen molar-refractivity contribution < 1.29 is 14.7 Å². The first-order valence-electron chi connectivity index (χ1n) is 11.1. The van der Waals surface area contributed by atoms with E-state index in [1.165, 1.54) is 5.57 Å². The number of nitrogens with zero attached hydrogens (tertiary/aromatic N) is 2. The van der Waals surface area contributed by atoms with E-state index in [1.807, 2.05) is 24.3 Å². The first-order valence-corrected chi connectivity index (χ1v) is 11.5. The monoisotopic (exact) mass is 450 g/mol. The van der Waals surface area contributed by atoms with Crippen LogP contribution in [0.25, 0.3) is 0 Å². The summed E-state index contributed by atoms with van der Waals surface area (Å²) in [5, 5.41) is 10.4. The molecule has 2 heterocycles. The summed E-state index contributed by atoms with van der Waals surface area (Å²) in [5.41, 5.74) is 4.54. The fourth-order valence-electron chi connectivity index (χ4n) is 4.64. The highest BCUT2D eigenvalue weighted by Gasteiger charge is 2.31. The number of benzene rings is 1. The second-order valence-corrected chi connectivity index (χ2v) is 8.69. The standard InChI is InChI=1S/C26H27ClN2O3/c1-2-17-6-3-4-7-22(17)25(31)18-9-10-21(20(14-18)16-30)19-11-13-29(15-19)26(32)24-23(27)8-5-12-28-24/h4-5,7-10,12,14,19,30H,2-3,6,11,13,15-16H2,1H3. The summed E-state index contributed by atoms with van der Waals surface area (Å²) in [6, 6.07) is 8.95. The van der Waals surface area contributed by atoms with E-state index >= 15 is 0 Å². The fourth-order valence-corrected chi connectivity index (χ4v) is 4.85. The van der Waals surface area contributed by atoms with Gasteiger partial charge in [0.1, 0.15) is 5.69 Å². The number of carbonyl (C=O) groups excluding carboxylic acids is 2. The minimum absolute atomic E-state index is 0.00655. The molecule has 6 heteroatoms. The van der Waals surface area contributed by atoms with Crippen LogP contribution in [0.15, 0.2) is 59.8 Å². The van der Waals surface area contributed by atoms with Crippen molar-refractivity contribution in [2.75, 3.05) is 13.1 Å². The van der Waals surface area contributed by atoms with Crippen LogP contribution in [0.4, 0.5) is 0 Å². The Labute approximate surface area is 193 Å². The van der Waals surface area contributed by atoms with Crippen molar-refractivity contribution >= 4 is 23.3 Å². The molecule has 1 unspecified atom stereocenters. The van der Waals surface area contributed by atoms with Gasteiger partial charge < -0.3 is 10.0 Å². The Morgan fingerprint density at radius 1 is 1.28 bits per heavy atom. The van der Waals surface area contributed by atoms with Gasteiger partial charge in [0, 0.05) is 36.3 Å². The summed E-state index contributed by atoms with van der Waals surface area (Å²) in [5.74, 6) is -0.0848. The lowest BCUT2D eigenvalue weighted by Crippen LogP contribution is -2.29. The molecule has 32 heavy (non-hydrogen) atoms. The molecule has 166 valence electrons. The number of carbonyl (C=O) groups is 2. The molecule has 0 radical (unpaired) electrons. The van der Waals surface area contributed by atoms with Gasteiger partial charge in [0.05, 0.1) is 11.6 Å². The predicted octanol–water partition coefficient (Wildman–Crippen LogP) is 5.10. The topological polar surface area (TPSA) is 70.5 Å². The second-order valence-electron chi connectivity index (χ2n) is 8.28. The molecule has 0 spiro atoms. The number of aliphatic hydroxyl groups is 1. The van der Waals surface area contributed by atoms with Crippen molar-refractivity contribution in [2.45, 2.75) is 45.1 Å². The van der Waals surface area contributed by atoms with Crippen LogP contribution in [0.1, 0.15) is 70.5 Å². The molecular formula is C26H27ClN2O3. The van der Waals surface area contributed by atoms with Crippen molar-refractivity contribution in [1.29, 1.82) is 0 Å². The van der Waals surface area contributed by atoms with E-state index in [1.54, 1.807) is 29.3 Å². The summed E-state index contributed by atoms with van der Waals surface area (Å²) in [6.45, 7) is 3.05. The van der Waals surface area contributed by atoms with Crippen molar-refractivity contribution in [3.05, 3.63) is 87.2 Å². The summed E-state index contributed by atoms with van der Waals surface area (Å²) in [6.07, 6.45) is 9.08. The number of aromatic nitrogens is 1. The normalized spacial score (nSPS) is 18.3. The fraction of sp³-hybridized carbons (Fsp3) is 0.346. The number of Topliss-reactive ketones (excluding diaryl/α,β-unsaturated/α-hetero) is 1. The Morgan fingerprint density at radius 2 is 2.12 bits per heavy atom. The summed E-state index contributed by atoms with van der Waals surface area (Å²) in [7, 11) is 0. The number of likely N-dealkylation sites (tertiary alicyclic amines) is 1. The van der Waals surface area contributed by atoms with Crippen LogP contribution in [-0.2, 0) is 6.61 Å². The highest BCUT2D eigenvalue weighted by atomic mass is 35.5. The summed E-state index contributed by atoms with van der Waals surface area (Å²) >= 11 is 6.15. The minimum atomic E-state index is -0.182. The van der Waals surface area contributed by atoms with Gasteiger partial charge in [-0.15, -0.1) is 0 Å². The van der Waals surface area contributed by atoms with Gasteiger partial charge in [0.25, 0.3) is 5.91 Å². The molecule has 1 atom stereocenters. The summed E-state index contributed by atoms with van der Waals surface area (Å²) < 4.78 is 0. The Morgan fingerprint density at radius 3 is 2.88 bits per heavy atom. The molecule has 1 aliphatic heterocycles. The van der Waals surface area contributed by atoms with Crippen molar-refractivity contribution in [1.82, 2.24) is 9.88 Å². The van der Waals surface area contributed by atoms with Crippen LogP contribution in [0.3, 0.4) is 0 Å². The average Bonchev–Trinajstić information content (AvgIpc) is 3.33. The zero-order valence-corrected chi connectivity index (χ0v) is 18.9. The molecule has 1 aliphatic carbocycles. The van der Waals surface area contributed by atoms with Crippen LogP contribution >= 0.6 is 11.6 Å². The zero-order valence-electron chi connectivity index (χ0n) is 18.2. The van der Waals surface area contributed by atoms with E-state index < -0.39 is 0 Å². The van der Waals surface area contributed by atoms with E-state index in [0.717, 1.165) is 42.4 Å². The van der Waals surface area contributed by atoms with E-state index in [2.05, 4.69) is 11.9 Å². The lowest BCUT2D eigenvalue weighted by Gasteiger charge is -2.19. The molecule has 0 bridgehead atoms. The molecular weight excluding hydrogens is 424 g/mol. The van der Waals surface area contributed by atoms with Gasteiger partial charge >= 0.3 is 0 Å². The maximum atomic E-state index is 13.1. The van der Waals surface area contributed by atoms with Crippen LogP contribution in [-0.4, -0.2) is 39.8 Å². The van der Waals surface area contributed by atoms with Crippen LogP contribution < -0.4 is 0 Å². The number of rotatable bonds is 6. The molecule has 2 aromatic rings. The van der Waals surface area contributed by atoms with Crippen LogP contribution in [0.2, 0.25) is 5.02 Å². The van der Waals surface area contributed by atoms with Gasteiger partial charge in [0.2, 0.25) is 0 Å². The molecule has 0 saturated carbocycles. The lowest BCUT2D eigenvalue weighted by molar-refractivity contribution is 0.0785. The Hall–Kier alpha value is -2.76. The second kappa shape index (κ2) is 9.80. The number of halogens is 1. The number of aliphatic hydroxyl groups excluding tert-OH is 1. The number of ketones is 1. The van der Waals surface area contributed by atoms with Crippen molar-refractivity contribution in [2.24, 2.45) is 0 Å². The van der Waals surface area contributed by atoms with E-state index in [4.69, 9.17) is 11.6 Å². The first-order chi connectivity index (χ1) is 15.5.